The van der Waals surface area contributed by atoms with Crippen LogP contribution in [0, 0.1) is 5.92 Å². The van der Waals surface area contributed by atoms with Crippen molar-refractivity contribution in [3.63, 3.8) is 0 Å². The zero-order valence-electron chi connectivity index (χ0n) is 14.1. The van der Waals surface area contributed by atoms with Gasteiger partial charge in [0.2, 0.25) is 0 Å². The van der Waals surface area contributed by atoms with E-state index in [-0.39, 0.29) is 6.10 Å². The Morgan fingerprint density at radius 1 is 1.10 bits per heavy atom. The zero-order chi connectivity index (χ0) is 15.1. The first-order chi connectivity index (χ1) is 10.2. The molecule has 2 heterocycles. The van der Waals surface area contributed by atoms with Crippen LogP contribution in [-0.4, -0.2) is 6.10 Å². The van der Waals surface area contributed by atoms with Crippen LogP contribution in [0.5, 0.6) is 0 Å². The maximum atomic E-state index is 6.28. The Morgan fingerprint density at radius 3 is 2.52 bits per heavy atom. The second-order valence-corrected chi connectivity index (χ2v) is 6.85. The summed E-state index contributed by atoms with van der Waals surface area (Å²) in [4.78, 5) is 0. The molecule has 1 aliphatic rings. The van der Waals surface area contributed by atoms with Crippen molar-refractivity contribution >= 4 is 0 Å². The van der Waals surface area contributed by atoms with E-state index in [1.165, 1.54) is 56.9 Å². The summed E-state index contributed by atoms with van der Waals surface area (Å²) in [5.74, 6) is 1.55. The number of ether oxygens (including phenoxy) is 1. The van der Waals surface area contributed by atoms with E-state index in [0.717, 1.165) is 12.2 Å². The van der Waals surface area contributed by atoms with Crippen LogP contribution < -0.4 is 0 Å². The maximum absolute atomic E-state index is 6.28. The van der Waals surface area contributed by atoms with Crippen LogP contribution in [0.3, 0.4) is 0 Å². The number of hydrogen-bond donors (Lipinski definition) is 0. The molecule has 1 aromatic rings. The summed E-state index contributed by atoms with van der Waals surface area (Å²) in [6.45, 7) is 6.70. The van der Waals surface area contributed by atoms with Crippen molar-refractivity contribution in [1.29, 1.82) is 0 Å². The van der Waals surface area contributed by atoms with Crippen molar-refractivity contribution < 1.29 is 9.15 Å². The minimum Gasteiger partial charge on any atom is -0.466 e. The van der Waals surface area contributed by atoms with Crippen LogP contribution in [0.1, 0.15) is 89.6 Å². The predicted molar refractivity (Wildman–Crippen MR) is 87.5 cm³/mol. The molecule has 2 heteroatoms. The lowest BCUT2D eigenvalue weighted by atomic mass is 9.93. The fourth-order valence-corrected chi connectivity index (χ4v) is 3.29. The zero-order valence-corrected chi connectivity index (χ0v) is 14.1. The molecule has 21 heavy (non-hydrogen) atoms. The van der Waals surface area contributed by atoms with Crippen molar-refractivity contribution in [3.05, 3.63) is 23.7 Å². The van der Waals surface area contributed by atoms with Crippen LogP contribution >= 0.6 is 0 Å². The summed E-state index contributed by atoms with van der Waals surface area (Å²) in [6.07, 6.45) is 14.2. The predicted octanol–water partition coefficient (Wildman–Crippen LogP) is 6.06. The Labute approximate surface area is 130 Å². The monoisotopic (exact) mass is 292 g/mol. The van der Waals surface area contributed by atoms with Gasteiger partial charge in [0.25, 0.3) is 0 Å². The van der Waals surface area contributed by atoms with Gasteiger partial charge in [0, 0.05) is 6.42 Å². The van der Waals surface area contributed by atoms with Crippen molar-refractivity contribution in [2.24, 2.45) is 5.92 Å². The molecule has 0 aliphatic carbocycles. The lowest BCUT2D eigenvalue weighted by molar-refractivity contribution is -0.0646. The van der Waals surface area contributed by atoms with Gasteiger partial charge in [-0.05, 0) is 24.0 Å². The normalized spacial score (nSPS) is 21.7. The SMILES string of the molecule is CCCCCCCCC[C@@H]1Cc2ccoc2[C@H](C(C)C)O1. The van der Waals surface area contributed by atoms with E-state index in [0.29, 0.717) is 12.0 Å². The molecule has 0 N–H and O–H groups in total. The first-order valence-electron chi connectivity index (χ1n) is 8.94. The summed E-state index contributed by atoms with van der Waals surface area (Å²) in [5, 5.41) is 0. The molecule has 0 radical (unpaired) electrons. The highest BCUT2D eigenvalue weighted by Gasteiger charge is 2.31. The maximum Gasteiger partial charge on any atom is 0.136 e. The van der Waals surface area contributed by atoms with E-state index in [9.17, 15) is 0 Å². The lowest BCUT2D eigenvalue weighted by Crippen LogP contribution is -2.27. The molecule has 0 spiro atoms. The van der Waals surface area contributed by atoms with Crippen LogP contribution in [0.2, 0.25) is 0 Å². The molecule has 0 aromatic carbocycles. The van der Waals surface area contributed by atoms with E-state index in [1.54, 1.807) is 0 Å². The number of hydrogen-bond acceptors (Lipinski definition) is 2. The molecule has 2 nitrogen and oxygen atoms in total. The molecule has 0 bridgehead atoms. The number of unbranched alkanes of at least 4 members (excludes halogenated alkanes) is 6. The Hall–Kier alpha value is -0.760. The second kappa shape index (κ2) is 8.63. The summed E-state index contributed by atoms with van der Waals surface area (Å²) < 4.78 is 11.9. The van der Waals surface area contributed by atoms with Crippen molar-refractivity contribution in [2.45, 2.75) is 90.8 Å². The molecule has 2 atom stereocenters. The van der Waals surface area contributed by atoms with Gasteiger partial charge in [0.1, 0.15) is 11.9 Å². The number of fused-ring (bicyclic) bond motifs is 1. The molecule has 1 aromatic heterocycles. The van der Waals surface area contributed by atoms with Crippen molar-refractivity contribution in [2.75, 3.05) is 0 Å². The fraction of sp³-hybridized carbons (Fsp3) is 0.789. The Kier molecular flexibility index (Phi) is 6.82. The highest BCUT2D eigenvalue weighted by molar-refractivity contribution is 5.23. The van der Waals surface area contributed by atoms with Crippen molar-refractivity contribution in [1.82, 2.24) is 0 Å². The van der Waals surface area contributed by atoms with Crippen molar-refractivity contribution in [3.8, 4) is 0 Å². The summed E-state index contributed by atoms with van der Waals surface area (Å²) >= 11 is 0. The Bertz CT molecular complexity index is 394. The third-order valence-electron chi connectivity index (χ3n) is 4.56. The van der Waals surface area contributed by atoms with Crippen LogP contribution in [0.25, 0.3) is 0 Å². The van der Waals surface area contributed by atoms with Gasteiger partial charge in [-0.3, -0.25) is 0 Å². The summed E-state index contributed by atoms with van der Waals surface area (Å²) in [5.41, 5.74) is 1.37. The Balaban J connectivity index is 1.71. The quantitative estimate of drug-likeness (QED) is 0.516. The first-order valence-corrected chi connectivity index (χ1v) is 8.94. The molecule has 120 valence electrons. The minimum absolute atomic E-state index is 0.151. The molecule has 0 saturated heterocycles. The van der Waals surface area contributed by atoms with Crippen LogP contribution in [0.4, 0.5) is 0 Å². The molecule has 0 amide bonds. The molecule has 1 aliphatic heterocycles. The highest BCUT2D eigenvalue weighted by atomic mass is 16.5. The van der Waals surface area contributed by atoms with Gasteiger partial charge in [-0.2, -0.15) is 0 Å². The largest absolute Gasteiger partial charge is 0.466 e. The van der Waals surface area contributed by atoms with Gasteiger partial charge < -0.3 is 9.15 Å². The molecular formula is C19H32O2. The standard InChI is InChI=1S/C19H32O2/c1-4-5-6-7-8-9-10-11-17-14-16-12-13-20-19(16)18(21-17)15(2)3/h12-13,15,17-18H,4-11,14H2,1-3H3/t17-,18+/m1/s1. The first kappa shape index (κ1) is 16.6. The summed E-state index contributed by atoms with van der Waals surface area (Å²) in [7, 11) is 0. The fourth-order valence-electron chi connectivity index (χ4n) is 3.29. The minimum atomic E-state index is 0.151. The van der Waals surface area contributed by atoms with Gasteiger partial charge in [-0.25, -0.2) is 0 Å². The van der Waals surface area contributed by atoms with E-state index >= 15 is 0 Å². The highest BCUT2D eigenvalue weighted by Crippen LogP contribution is 2.37. The Morgan fingerprint density at radius 2 is 1.81 bits per heavy atom. The van der Waals surface area contributed by atoms with E-state index in [2.05, 4.69) is 26.8 Å². The van der Waals surface area contributed by atoms with Gasteiger partial charge in [0.15, 0.2) is 0 Å². The number of rotatable bonds is 9. The van der Waals surface area contributed by atoms with Gasteiger partial charge in [-0.1, -0.05) is 65.7 Å². The average Bonchev–Trinajstić information content (AvgIpc) is 2.93. The third-order valence-corrected chi connectivity index (χ3v) is 4.56. The third kappa shape index (κ3) is 4.88. The molecule has 0 unspecified atom stereocenters. The lowest BCUT2D eigenvalue weighted by Gasteiger charge is -2.31. The van der Waals surface area contributed by atoms with E-state index in [4.69, 9.17) is 9.15 Å². The van der Waals surface area contributed by atoms with Gasteiger partial charge in [0.05, 0.1) is 12.4 Å². The van der Waals surface area contributed by atoms with Gasteiger partial charge >= 0.3 is 0 Å². The topological polar surface area (TPSA) is 22.4 Å². The van der Waals surface area contributed by atoms with Crippen LogP contribution in [-0.2, 0) is 11.2 Å². The average molecular weight is 292 g/mol. The smallest absolute Gasteiger partial charge is 0.136 e. The summed E-state index contributed by atoms with van der Waals surface area (Å²) in [6, 6.07) is 2.13. The molecular weight excluding hydrogens is 260 g/mol. The van der Waals surface area contributed by atoms with Gasteiger partial charge in [-0.15, -0.1) is 0 Å². The molecule has 0 fully saturated rings. The molecule has 2 rings (SSSR count). The van der Waals surface area contributed by atoms with E-state index < -0.39 is 0 Å². The second-order valence-electron chi connectivity index (χ2n) is 6.85. The number of furan rings is 1. The van der Waals surface area contributed by atoms with E-state index in [1.807, 2.05) is 6.26 Å². The van der Waals surface area contributed by atoms with Crippen LogP contribution in [0.15, 0.2) is 16.7 Å². The molecule has 0 saturated carbocycles.